The summed E-state index contributed by atoms with van der Waals surface area (Å²) >= 11 is 0. The fourth-order valence-electron chi connectivity index (χ4n) is 1.78. The van der Waals surface area contributed by atoms with E-state index in [4.69, 9.17) is 10.00 Å². The Morgan fingerprint density at radius 2 is 2.05 bits per heavy atom. The van der Waals surface area contributed by atoms with Crippen molar-refractivity contribution in [2.75, 3.05) is 11.9 Å². The number of rotatable bonds is 4. The van der Waals surface area contributed by atoms with Crippen molar-refractivity contribution in [1.82, 2.24) is 0 Å². The predicted molar refractivity (Wildman–Crippen MR) is 76.7 cm³/mol. The second-order valence-electron chi connectivity index (χ2n) is 4.08. The van der Waals surface area contributed by atoms with Crippen molar-refractivity contribution in [2.24, 2.45) is 0 Å². The monoisotopic (exact) mass is 266 g/mol. The molecule has 1 amide bonds. The van der Waals surface area contributed by atoms with Gasteiger partial charge in [-0.15, -0.1) is 0 Å². The third-order valence-electron chi connectivity index (χ3n) is 2.69. The molecule has 0 aliphatic heterocycles. The van der Waals surface area contributed by atoms with E-state index in [1.54, 1.807) is 36.4 Å². The van der Waals surface area contributed by atoms with E-state index in [1.165, 1.54) is 0 Å². The van der Waals surface area contributed by atoms with Crippen molar-refractivity contribution < 1.29 is 9.53 Å². The summed E-state index contributed by atoms with van der Waals surface area (Å²) < 4.78 is 5.45. The van der Waals surface area contributed by atoms with Gasteiger partial charge < -0.3 is 10.1 Å². The fourth-order valence-corrected chi connectivity index (χ4v) is 1.78. The maximum Gasteiger partial charge on any atom is 0.255 e. The first kappa shape index (κ1) is 13.6. The van der Waals surface area contributed by atoms with Crippen LogP contribution in [0.4, 0.5) is 5.69 Å². The summed E-state index contributed by atoms with van der Waals surface area (Å²) in [7, 11) is 0. The van der Waals surface area contributed by atoms with Crippen LogP contribution in [0.2, 0.25) is 0 Å². The normalized spacial score (nSPS) is 9.60. The highest BCUT2D eigenvalue weighted by molar-refractivity contribution is 6.05. The van der Waals surface area contributed by atoms with Crippen LogP contribution in [-0.4, -0.2) is 12.5 Å². The Hall–Kier alpha value is -2.80. The number of amides is 1. The van der Waals surface area contributed by atoms with Crippen molar-refractivity contribution in [3.8, 4) is 11.8 Å². The molecule has 2 aromatic carbocycles. The van der Waals surface area contributed by atoms with Gasteiger partial charge >= 0.3 is 0 Å². The number of carbonyl (C=O) groups is 1. The molecule has 0 radical (unpaired) electrons. The van der Waals surface area contributed by atoms with Gasteiger partial charge in [0.15, 0.2) is 0 Å². The number of ether oxygens (including phenoxy) is 1. The van der Waals surface area contributed by atoms with Gasteiger partial charge in [-0.2, -0.15) is 5.26 Å². The van der Waals surface area contributed by atoms with Crippen LogP contribution in [0.1, 0.15) is 22.8 Å². The van der Waals surface area contributed by atoms with Crippen molar-refractivity contribution in [3.05, 3.63) is 59.7 Å². The number of carbonyl (C=O) groups excluding carboxylic acids is 1. The summed E-state index contributed by atoms with van der Waals surface area (Å²) in [4.78, 5) is 12.2. The first-order chi connectivity index (χ1) is 9.74. The molecule has 4 nitrogen and oxygen atoms in total. The van der Waals surface area contributed by atoms with E-state index in [9.17, 15) is 4.79 Å². The average molecular weight is 266 g/mol. The van der Waals surface area contributed by atoms with Gasteiger partial charge in [-0.25, -0.2) is 0 Å². The molecule has 0 saturated carbocycles. The number of nitrogens with zero attached hydrogens (tertiary/aromatic N) is 1. The first-order valence-electron chi connectivity index (χ1n) is 6.28. The van der Waals surface area contributed by atoms with Gasteiger partial charge in [0.05, 0.1) is 23.9 Å². The number of benzene rings is 2. The van der Waals surface area contributed by atoms with Gasteiger partial charge in [-0.05, 0) is 37.3 Å². The second-order valence-corrected chi connectivity index (χ2v) is 4.08. The molecule has 0 aliphatic carbocycles. The lowest BCUT2D eigenvalue weighted by Crippen LogP contribution is -2.13. The standard InChI is InChI=1S/C16H14N2O2/c1-2-20-15-9-4-3-8-14(15)18-16(19)13-7-5-6-12(10-13)11-17/h3-10H,2H2,1H3,(H,18,19). The molecule has 1 N–H and O–H groups in total. The van der Waals surface area contributed by atoms with E-state index < -0.39 is 0 Å². The van der Waals surface area contributed by atoms with E-state index >= 15 is 0 Å². The van der Waals surface area contributed by atoms with Crippen molar-refractivity contribution in [2.45, 2.75) is 6.92 Å². The lowest BCUT2D eigenvalue weighted by Gasteiger charge is -2.11. The Morgan fingerprint density at radius 1 is 1.25 bits per heavy atom. The largest absolute Gasteiger partial charge is 0.492 e. The molecule has 0 atom stereocenters. The molecule has 0 heterocycles. The fraction of sp³-hybridized carbons (Fsp3) is 0.125. The van der Waals surface area contributed by atoms with Crippen molar-refractivity contribution in [3.63, 3.8) is 0 Å². The third-order valence-corrected chi connectivity index (χ3v) is 2.69. The van der Waals surface area contributed by atoms with Gasteiger partial charge in [0.2, 0.25) is 0 Å². The summed E-state index contributed by atoms with van der Waals surface area (Å²) in [5.74, 6) is 0.356. The molecule has 0 saturated heterocycles. The third kappa shape index (κ3) is 3.15. The maximum atomic E-state index is 12.2. The SMILES string of the molecule is CCOc1ccccc1NC(=O)c1cccc(C#N)c1. The minimum atomic E-state index is -0.269. The second kappa shape index (κ2) is 6.39. The number of nitrogens with one attached hydrogen (secondary N) is 1. The highest BCUT2D eigenvalue weighted by Gasteiger charge is 2.09. The Balaban J connectivity index is 2.21. The number of anilines is 1. The molecule has 0 bridgehead atoms. The highest BCUT2D eigenvalue weighted by Crippen LogP contribution is 2.24. The zero-order valence-corrected chi connectivity index (χ0v) is 11.1. The van der Waals surface area contributed by atoms with Crippen LogP contribution in [0.3, 0.4) is 0 Å². The summed E-state index contributed by atoms with van der Waals surface area (Å²) in [5.41, 5.74) is 1.51. The van der Waals surface area contributed by atoms with Crippen LogP contribution in [0, 0.1) is 11.3 Å². The van der Waals surface area contributed by atoms with Crippen LogP contribution in [0.15, 0.2) is 48.5 Å². The van der Waals surface area contributed by atoms with Gasteiger partial charge in [0.25, 0.3) is 5.91 Å². The topological polar surface area (TPSA) is 62.1 Å². The molecule has 0 aromatic heterocycles. The lowest BCUT2D eigenvalue weighted by atomic mass is 10.1. The predicted octanol–water partition coefficient (Wildman–Crippen LogP) is 3.21. The smallest absolute Gasteiger partial charge is 0.255 e. The summed E-state index contributed by atoms with van der Waals surface area (Å²) in [6.07, 6.45) is 0. The molecule has 2 aromatic rings. The van der Waals surface area contributed by atoms with Crippen LogP contribution in [0.5, 0.6) is 5.75 Å². The molecule has 2 rings (SSSR count). The average Bonchev–Trinajstić information content (AvgIpc) is 2.49. The molecular weight excluding hydrogens is 252 g/mol. The molecular formula is C16H14N2O2. The van der Waals surface area contributed by atoms with Crippen LogP contribution < -0.4 is 10.1 Å². The van der Waals surface area contributed by atoms with Gasteiger partial charge in [-0.3, -0.25) is 4.79 Å². The summed E-state index contributed by atoms with van der Waals surface area (Å²) in [5, 5.41) is 11.6. The molecule has 4 heteroatoms. The Labute approximate surface area is 117 Å². The number of hydrogen-bond acceptors (Lipinski definition) is 3. The first-order valence-corrected chi connectivity index (χ1v) is 6.28. The molecule has 20 heavy (non-hydrogen) atoms. The van der Waals surface area contributed by atoms with E-state index in [2.05, 4.69) is 5.32 Å². The van der Waals surface area contributed by atoms with Crippen LogP contribution in [0.25, 0.3) is 0 Å². The minimum Gasteiger partial charge on any atom is -0.492 e. The van der Waals surface area contributed by atoms with Crippen molar-refractivity contribution in [1.29, 1.82) is 5.26 Å². The highest BCUT2D eigenvalue weighted by atomic mass is 16.5. The number of para-hydroxylation sites is 2. The molecule has 0 aliphatic rings. The molecule has 0 fully saturated rings. The van der Waals surface area contributed by atoms with Crippen LogP contribution in [-0.2, 0) is 0 Å². The van der Waals surface area contributed by atoms with E-state index in [0.29, 0.717) is 29.2 Å². The Morgan fingerprint density at radius 3 is 2.80 bits per heavy atom. The quantitative estimate of drug-likeness (QED) is 0.924. The number of nitriles is 1. The maximum absolute atomic E-state index is 12.2. The minimum absolute atomic E-state index is 0.269. The zero-order chi connectivity index (χ0) is 14.4. The zero-order valence-electron chi connectivity index (χ0n) is 11.1. The molecule has 0 unspecified atom stereocenters. The lowest BCUT2D eigenvalue weighted by molar-refractivity contribution is 0.102. The van der Waals surface area contributed by atoms with Gasteiger partial charge in [-0.1, -0.05) is 18.2 Å². The molecule has 0 spiro atoms. The van der Waals surface area contributed by atoms with E-state index in [0.717, 1.165) is 0 Å². The van der Waals surface area contributed by atoms with Crippen molar-refractivity contribution >= 4 is 11.6 Å². The Kier molecular flexibility index (Phi) is 4.35. The Bertz CT molecular complexity index is 660. The summed E-state index contributed by atoms with van der Waals surface area (Å²) in [6, 6.07) is 15.8. The summed E-state index contributed by atoms with van der Waals surface area (Å²) in [6.45, 7) is 2.41. The van der Waals surface area contributed by atoms with E-state index in [-0.39, 0.29) is 5.91 Å². The van der Waals surface area contributed by atoms with Crippen LogP contribution >= 0.6 is 0 Å². The number of hydrogen-bond donors (Lipinski definition) is 1. The van der Waals surface area contributed by atoms with E-state index in [1.807, 2.05) is 25.1 Å². The van der Waals surface area contributed by atoms with Gasteiger partial charge in [0.1, 0.15) is 5.75 Å². The van der Waals surface area contributed by atoms with Gasteiger partial charge in [0, 0.05) is 5.56 Å². The molecule has 100 valence electrons.